The number of hydrogen-bond donors (Lipinski definition) is 1. The van der Waals surface area contributed by atoms with Gasteiger partial charge in [0.2, 0.25) is 0 Å². The van der Waals surface area contributed by atoms with Crippen LogP contribution in [0.3, 0.4) is 0 Å². The predicted octanol–water partition coefficient (Wildman–Crippen LogP) is 3.12. The zero-order valence-corrected chi connectivity index (χ0v) is 14.1. The molecular weight excluding hydrogens is 354 g/mol. The molecule has 1 atom stereocenters. The second-order valence-electron chi connectivity index (χ2n) is 5.03. The lowest BCUT2D eigenvalue weighted by Crippen LogP contribution is -2.32. The fourth-order valence-electron chi connectivity index (χ4n) is 1.98. The summed E-state index contributed by atoms with van der Waals surface area (Å²) in [5.74, 6) is -0.950. The second kappa shape index (κ2) is 7.75. The summed E-state index contributed by atoms with van der Waals surface area (Å²) in [4.78, 5) is 34.7. The first kappa shape index (κ1) is 18.4. The molecule has 0 radical (unpaired) electrons. The first-order valence-electron chi connectivity index (χ1n) is 7.21. The third-order valence-corrected chi connectivity index (χ3v) is 3.40. The Hall–Kier alpha value is -2.94. The average Bonchev–Trinajstić information content (AvgIpc) is 2.96. The van der Waals surface area contributed by atoms with Gasteiger partial charge in [-0.3, -0.25) is 14.9 Å². The summed E-state index contributed by atoms with van der Waals surface area (Å²) in [5.41, 5.74) is -0.794. The molecule has 2 aromatic rings. The van der Waals surface area contributed by atoms with Gasteiger partial charge in [-0.05, 0) is 25.5 Å². The van der Waals surface area contributed by atoms with Crippen LogP contribution in [0.5, 0.6) is 0 Å². The Morgan fingerprint density at radius 3 is 2.72 bits per heavy atom. The highest BCUT2D eigenvalue weighted by molar-refractivity contribution is 6.31. The van der Waals surface area contributed by atoms with E-state index >= 15 is 0 Å². The minimum absolute atomic E-state index is 0.106. The summed E-state index contributed by atoms with van der Waals surface area (Å²) >= 11 is 5.70. The number of halogens is 1. The van der Waals surface area contributed by atoms with Crippen molar-refractivity contribution < 1.29 is 23.8 Å². The molecule has 9 nitrogen and oxygen atoms in total. The van der Waals surface area contributed by atoms with Crippen LogP contribution >= 0.6 is 11.6 Å². The second-order valence-corrected chi connectivity index (χ2v) is 5.47. The fraction of sp³-hybridized carbons (Fsp3) is 0.267. The van der Waals surface area contributed by atoms with Gasteiger partial charge in [0, 0.05) is 17.2 Å². The van der Waals surface area contributed by atoms with Crippen molar-refractivity contribution in [3.8, 4) is 0 Å². The van der Waals surface area contributed by atoms with Gasteiger partial charge in [0.05, 0.1) is 4.92 Å². The number of rotatable bonds is 6. The predicted molar refractivity (Wildman–Crippen MR) is 87.5 cm³/mol. The monoisotopic (exact) mass is 367 g/mol. The van der Waals surface area contributed by atoms with Gasteiger partial charge >= 0.3 is 5.97 Å². The van der Waals surface area contributed by atoms with E-state index in [0.717, 1.165) is 6.07 Å². The number of hydrogen-bond acceptors (Lipinski definition) is 7. The Kier molecular flexibility index (Phi) is 5.71. The molecule has 1 amide bonds. The Morgan fingerprint density at radius 1 is 1.44 bits per heavy atom. The molecule has 0 saturated heterocycles. The summed E-state index contributed by atoms with van der Waals surface area (Å²) in [6.45, 7) is 3.28. The average molecular weight is 368 g/mol. The van der Waals surface area contributed by atoms with Crippen LogP contribution in [0.2, 0.25) is 5.02 Å². The number of nitrogens with zero attached hydrogens (tertiary/aromatic N) is 2. The van der Waals surface area contributed by atoms with Gasteiger partial charge in [-0.25, -0.2) is 4.79 Å². The summed E-state index contributed by atoms with van der Waals surface area (Å²) in [6.07, 6.45) is -0.990. The molecule has 132 valence electrons. The van der Waals surface area contributed by atoms with Crippen molar-refractivity contribution in [1.29, 1.82) is 0 Å². The van der Waals surface area contributed by atoms with Crippen molar-refractivity contribution in [1.82, 2.24) is 5.16 Å². The van der Waals surface area contributed by atoms with Gasteiger partial charge in [0.15, 0.2) is 11.9 Å². The van der Waals surface area contributed by atoms with Crippen molar-refractivity contribution >= 4 is 35.0 Å². The minimum Gasteiger partial charge on any atom is -0.448 e. The van der Waals surface area contributed by atoms with Gasteiger partial charge in [-0.1, -0.05) is 23.7 Å². The largest absolute Gasteiger partial charge is 0.448 e. The molecule has 0 aliphatic carbocycles. The number of benzene rings is 1. The highest BCUT2D eigenvalue weighted by Crippen LogP contribution is 2.24. The lowest BCUT2D eigenvalue weighted by molar-refractivity contribution is -0.385. The number of nitrogens with one attached hydrogen (secondary N) is 1. The van der Waals surface area contributed by atoms with Crippen molar-refractivity contribution in [2.75, 3.05) is 5.32 Å². The maximum atomic E-state index is 12.2. The van der Waals surface area contributed by atoms with Gasteiger partial charge in [-0.15, -0.1) is 0 Å². The highest BCUT2D eigenvalue weighted by Gasteiger charge is 2.27. The molecule has 0 aliphatic heterocycles. The molecule has 0 fully saturated rings. The maximum absolute atomic E-state index is 12.2. The molecule has 1 aromatic carbocycles. The van der Waals surface area contributed by atoms with E-state index in [1.54, 1.807) is 13.8 Å². The molecule has 1 N–H and O–H groups in total. The van der Waals surface area contributed by atoms with E-state index in [2.05, 4.69) is 10.5 Å². The number of esters is 1. The van der Waals surface area contributed by atoms with Crippen LogP contribution in [0.4, 0.5) is 11.5 Å². The molecule has 0 unspecified atom stereocenters. The number of ether oxygens (including phenoxy) is 1. The highest BCUT2D eigenvalue weighted by atomic mass is 35.5. The first-order valence-corrected chi connectivity index (χ1v) is 7.58. The van der Waals surface area contributed by atoms with E-state index in [4.69, 9.17) is 20.9 Å². The molecule has 0 saturated carbocycles. The normalized spacial score (nSPS) is 11.6. The van der Waals surface area contributed by atoms with E-state index in [1.165, 1.54) is 18.2 Å². The lowest BCUT2D eigenvalue weighted by Gasteiger charge is -2.15. The Labute approximate surface area is 147 Å². The molecule has 0 spiro atoms. The van der Waals surface area contributed by atoms with Crippen molar-refractivity contribution in [3.05, 3.63) is 50.7 Å². The molecule has 0 aliphatic rings. The molecule has 2 rings (SSSR count). The zero-order valence-electron chi connectivity index (χ0n) is 13.3. The van der Waals surface area contributed by atoms with E-state index in [-0.39, 0.29) is 22.8 Å². The van der Waals surface area contributed by atoms with Crippen LogP contribution in [-0.4, -0.2) is 28.1 Å². The Bertz CT molecular complexity index is 819. The third kappa shape index (κ3) is 4.54. The third-order valence-electron chi connectivity index (χ3n) is 3.17. The Balaban J connectivity index is 2.14. The van der Waals surface area contributed by atoms with Gasteiger partial charge in [-0.2, -0.15) is 0 Å². The number of amides is 1. The molecule has 25 heavy (non-hydrogen) atoms. The van der Waals surface area contributed by atoms with E-state index in [1.807, 2.05) is 0 Å². The van der Waals surface area contributed by atoms with E-state index in [0.29, 0.717) is 5.76 Å². The lowest BCUT2D eigenvalue weighted by atomic mass is 10.1. The van der Waals surface area contributed by atoms with Gasteiger partial charge < -0.3 is 14.6 Å². The van der Waals surface area contributed by atoms with Crippen LogP contribution in [0, 0.1) is 17.0 Å². The van der Waals surface area contributed by atoms with Crippen LogP contribution in [0.1, 0.15) is 29.5 Å². The maximum Gasteiger partial charge on any atom is 0.345 e. The van der Waals surface area contributed by atoms with E-state index in [9.17, 15) is 19.7 Å². The summed E-state index contributed by atoms with van der Waals surface area (Å²) in [7, 11) is 0. The topological polar surface area (TPSA) is 125 Å². The van der Waals surface area contributed by atoms with Crippen LogP contribution in [0.15, 0.2) is 28.8 Å². The number of carbonyl (C=O) groups is 2. The first-order chi connectivity index (χ1) is 11.8. The summed E-state index contributed by atoms with van der Waals surface area (Å²) < 4.78 is 9.92. The van der Waals surface area contributed by atoms with E-state index < -0.39 is 28.6 Å². The minimum atomic E-state index is -1.15. The molecular formula is C15H14ClN3O6. The van der Waals surface area contributed by atoms with Crippen LogP contribution < -0.4 is 5.32 Å². The van der Waals surface area contributed by atoms with Crippen molar-refractivity contribution in [2.45, 2.75) is 26.4 Å². The molecule has 1 aromatic heterocycles. The standard InChI is InChI=1S/C15H14ClN3O6/c1-3-12(14(20)17-13-6-8(2)25-18-13)24-15(21)10-5-4-9(16)7-11(10)19(22)23/h4-7,12H,3H2,1-2H3,(H,17,18,20)/t12-/m0/s1. The smallest absolute Gasteiger partial charge is 0.345 e. The number of aromatic nitrogens is 1. The summed E-state index contributed by atoms with van der Waals surface area (Å²) in [5, 5.41) is 17.2. The number of aryl methyl sites for hydroxylation is 1. The zero-order chi connectivity index (χ0) is 18.6. The van der Waals surface area contributed by atoms with Crippen molar-refractivity contribution in [2.24, 2.45) is 0 Å². The molecule has 10 heteroatoms. The summed E-state index contributed by atoms with van der Waals surface area (Å²) in [6, 6.07) is 5.03. The van der Waals surface area contributed by atoms with Gasteiger partial charge in [0.25, 0.3) is 11.6 Å². The Morgan fingerprint density at radius 2 is 2.16 bits per heavy atom. The number of anilines is 1. The SMILES string of the molecule is CC[C@H](OC(=O)c1ccc(Cl)cc1[N+](=O)[O-])C(=O)Nc1cc(C)on1. The van der Waals surface area contributed by atoms with Gasteiger partial charge in [0.1, 0.15) is 11.3 Å². The van der Waals surface area contributed by atoms with Crippen LogP contribution in [0.25, 0.3) is 0 Å². The van der Waals surface area contributed by atoms with Crippen LogP contribution in [-0.2, 0) is 9.53 Å². The quantitative estimate of drug-likeness (QED) is 0.472. The fourth-order valence-corrected chi connectivity index (χ4v) is 2.14. The van der Waals surface area contributed by atoms with Crippen molar-refractivity contribution in [3.63, 3.8) is 0 Å². The molecule has 0 bridgehead atoms. The number of nitro groups is 1. The molecule has 1 heterocycles. The number of carbonyl (C=O) groups excluding carboxylic acids is 2. The number of nitro benzene ring substituents is 1.